The number of nitrogens with one attached hydrogen (secondary N) is 1. The second-order valence-corrected chi connectivity index (χ2v) is 8.43. The summed E-state index contributed by atoms with van der Waals surface area (Å²) in [7, 11) is 0. The molecular formula is C16H31N. The van der Waals surface area contributed by atoms with Crippen LogP contribution in [0.3, 0.4) is 0 Å². The summed E-state index contributed by atoms with van der Waals surface area (Å²) in [6.07, 6.45) is 5.72. The maximum atomic E-state index is 3.64. The van der Waals surface area contributed by atoms with E-state index in [2.05, 4.69) is 39.9 Å². The fourth-order valence-corrected chi connectivity index (χ4v) is 4.82. The molecule has 1 saturated carbocycles. The van der Waals surface area contributed by atoms with Crippen LogP contribution in [0.5, 0.6) is 0 Å². The van der Waals surface area contributed by atoms with E-state index >= 15 is 0 Å². The highest BCUT2D eigenvalue weighted by Crippen LogP contribution is 2.51. The van der Waals surface area contributed by atoms with Gasteiger partial charge in [0.25, 0.3) is 0 Å². The normalized spacial score (nSPS) is 37.9. The zero-order valence-electron chi connectivity index (χ0n) is 12.5. The molecule has 0 radical (unpaired) electrons. The lowest BCUT2D eigenvalue weighted by atomic mass is 9.58. The minimum absolute atomic E-state index is 0.549. The molecule has 2 aliphatic rings. The second-order valence-electron chi connectivity index (χ2n) is 8.43. The Morgan fingerprint density at radius 3 is 2.00 bits per heavy atom. The fraction of sp³-hybridized carbons (Fsp3) is 1.00. The molecule has 1 aliphatic carbocycles. The van der Waals surface area contributed by atoms with Crippen molar-refractivity contribution < 1.29 is 0 Å². The molecule has 0 spiro atoms. The molecule has 1 heterocycles. The second kappa shape index (κ2) is 4.57. The van der Waals surface area contributed by atoms with E-state index in [1.54, 1.807) is 0 Å². The van der Waals surface area contributed by atoms with Crippen molar-refractivity contribution >= 4 is 0 Å². The lowest BCUT2D eigenvalue weighted by molar-refractivity contribution is 0.0283. The smallest absolute Gasteiger partial charge is 0.00176 e. The first-order chi connectivity index (χ1) is 7.77. The Hall–Kier alpha value is -0.0400. The van der Waals surface area contributed by atoms with Gasteiger partial charge in [-0.15, -0.1) is 0 Å². The third kappa shape index (κ3) is 3.47. The first kappa shape index (κ1) is 13.4. The van der Waals surface area contributed by atoms with Crippen molar-refractivity contribution in [1.29, 1.82) is 0 Å². The van der Waals surface area contributed by atoms with Crippen LogP contribution in [-0.2, 0) is 0 Å². The van der Waals surface area contributed by atoms with Crippen LogP contribution in [0.25, 0.3) is 0 Å². The van der Waals surface area contributed by atoms with E-state index in [4.69, 9.17) is 0 Å². The summed E-state index contributed by atoms with van der Waals surface area (Å²) in [4.78, 5) is 0. The highest BCUT2D eigenvalue weighted by atomic mass is 14.9. The fourth-order valence-electron chi connectivity index (χ4n) is 4.82. The molecule has 2 rings (SSSR count). The van der Waals surface area contributed by atoms with Crippen LogP contribution in [0.15, 0.2) is 0 Å². The van der Waals surface area contributed by atoms with Crippen molar-refractivity contribution in [3.8, 4) is 0 Å². The molecule has 1 saturated heterocycles. The van der Waals surface area contributed by atoms with Crippen LogP contribution in [0.1, 0.15) is 60.3 Å². The third-order valence-corrected chi connectivity index (χ3v) is 4.86. The van der Waals surface area contributed by atoms with Gasteiger partial charge in [0, 0.05) is 0 Å². The van der Waals surface area contributed by atoms with Gasteiger partial charge in [0.2, 0.25) is 0 Å². The van der Waals surface area contributed by atoms with Gasteiger partial charge in [0.1, 0.15) is 0 Å². The van der Waals surface area contributed by atoms with Crippen LogP contribution < -0.4 is 5.32 Å². The highest BCUT2D eigenvalue weighted by Gasteiger charge is 2.41. The van der Waals surface area contributed by atoms with E-state index < -0.39 is 0 Å². The monoisotopic (exact) mass is 237 g/mol. The predicted octanol–water partition coefficient (Wildman–Crippen LogP) is 4.08. The Kier molecular flexibility index (Phi) is 3.60. The van der Waals surface area contributed by atoms with E-state index in [0.717, 1.165) is 17.8 Å². The SMILES string of the molecule is CC1CNCC(C2CC(C)(C)CC(C)(C)C2)C1. The minimum atomic E-state index is 0.549. The van der Waals surface area contributed by atoms with Crippen molar-refractivity contribution in [2.75, 3.05) is 13.1 Å². The van der Waals surface area contributed by atoms with Gasteiger partial charge < -0.3 is 5.32 Å². The topological polar surface area (TPSA) is 12.0 Å². The summed E-state index contributed by atoms with van der Waals surface area (Å²) in [5.41, 5.74) is 1.10. The van der Waals surface area contributed by atoms with Crippen molar-refractivity contribution in [2.45, 2.75) is 60.3 Å². The molecule has 2 atom stereocenters. The summed E-state index contributed by atoms with van der Waals surface area (Å²) in [6, 6.07) is 0. The average molecular weight is 237 g/mol. The minimum Gasteiger partial charge on any atom is -0.316 e. The molecule has 2 fully saturated rings. The third-order valence-electron chi connectivity index (χ3n) is 4.86. The summed E-state index contributed by atoms with van der Waals surface area (Å²) < 4.78 is 0. The molecule has 0 aromatic heterocycles. The van der Waals surface area contributed by atoms with Crippen LogP contribution in [0.2, 0.25) is 0 Å². The summed E-state index contributed by atoms with van der Waals surface area (Å²) >= 11 is 0. The summed E-state index contributed by atoms with van der Waals surface area (Å²) in [5, 5.41) is 3.64. The van der Waals surface area contributed by atoms with E-state index in [1.807, 2.05) is 0 Å². The average Bonchev–Trinajstić information content (AvgIpc) is 2.12. The van der Waals surface area contributed by atoms with Crippen LogP contribution in [-0.4, -0.2) is 13.1 Å². The van der Waals surface area contributed by atoms with E-state index in [-0.39, 0.29) is 0 Å². The Morgan fingerprint density at radius 2 is 1.47 bits per heavy atom. The van der Waals surface area contributed by atoms with Crippen molar-refractivity contribution in [3.05, 3.63) is 0 Å². The van der Waals surface area contributed by atoms with Gasteiger partial charge in [-0.3, -0.25) is 0 Å². The molecule has 1 nitrogen and oxygen atoms in total. The summed E-state index contributed by atoms with van der Waals surface area (Å²) in [5.74, 6) is 2.75. The van der Waals surface area contributed by atoms with Gasteiger partial charge in [-0.1, -0.05) is 34.6 Å². The maximum Gasteiger partial charge on any atom is -0.00176 e. The number of rotatable bonds is 1. The zero-order valence-corrected chi connectivity index (χ0v) is 12.5. The van der Waals surface area contributed by atoms with E-state index in [1.165, 1.54) is 38.8 Å². The molecule has 0 bridgehead atoms. The van der Waals surface area contributed by atoms with Gasteiger partial charge >= 0.3 is 0 Å². The first-order valence-corrected chi connectivity index (χ1v) is 7.48. The van der Waals surface area contributed by atoms with Gasteiger partial charge in [-0.2, -0.15) is 0 Å². The van der Waals surface area contributed by atoms with Gasteiger partial charge in [0.05, 0.1) is 0 Å². The Bertz CT molecular complexity index is 251. The lowest BCUT2D eigenvalue weighted by Gasteiger charge is -2.48. The van der Waals surface area contributed by atoms with Gasteiger partial charge in [-0.25, -0.2) is 0 Å². The molecular weight excluding hydrogens is 206 g/mol. The van der Waals surface area contributed by atoms with Gasteiger partial charge in [-0.05, 0) is 67.4 Å². The Labute approximate surface area is 108 Å². The Balaban J connectivity index is 2.04. The standard InChI is InChI=1S/C16H31N/c1-12-6-13(10-17-9-12)14-7-15(2,3)11-16(4,5)8-14/h12-14,17H,6-11H2,1-5H3. The summed E-state index contributed by atoms with van der Waals surface area (Å²) in [6.45, 7) is 14.8. The first-order valence-electron chi connectivity index (χ1n) is 7.48. The van der Waals surface area contributed by atoms with Crippen LogP contribution >= 0.6 is 0 Å². The quantitative estimate of drug-likeness (QED) is 0.724. The molecule has 0 amide bonds. The molecule has 1 N–H and O–H groups in total. The molecule has 1 aliphatic heterocycles. The predicted molar refractivity (Wildman–Crippen MR) is 75.0 cm³/mol. The maximum absolute atomic E-state index is 3.64. The number of piperidine rings is 1. The van der Waals surface area contributed by atoms with Crippen molar-refractivity contribution in [1.82, 2.24) is 5.32 Å². The zero-order chi connectivity index (χ0) is 12.7. The lowest BCUT2D eigenvalue weighted by Crippen LogP contribution is -2.43. The van der Waals surface area contributed by atoms with Crippen LogP contribution in [0.4, 0.5) is 0 Å². The molecule has 2 unspecified atom stereocenters. The Morgan fingerprint density at radius 1 is 0.882 bits per heavy atom. The van der Waals surface area contributed by atoms with Crippen molar-refractivity contribution in [3.63, 3.8) is 0 Å². The molecule has 0 aromatic carbocycles. The highest BCUT2D eigenvalue weighted by molar-refractivity contribution is 4.93. The number of hydrogen-bond acceptors (Lipinski definition) is 1. The van der Waals surface area contributed by atoms with E-state index in [9.17, 15) is 0 Å². The molecule has 100 valence electrons. The van der Waals surface area contributed by atoms with Crippen LogP contribution in [0, 0.1) is 28.6 Å². The van der Waals surface area contributed by atoms with Crippen molar-refractivity contribution in [2.24, 2.45) is 28.6 Å². The largest absolute Gasteiger partial charge is 0.316 e. The molecule has 0 aromatic rings. The van der Waals surface area contributed by atoms with E-state index in [0.29, 0.717) is 10.8 Å². The number of hydrogen-bond donors (Lipinski definition) is 1. The van der Waals surface area contributed by atoms with Gasteiger partial charge in [0.15, 0.2) is 0 Å². The molecule has 17 heavy (non-hydrogen) atoms. The molecule has 1 heteroatoms.